The number of aliphatic imine (C=N–C) groups is 1. The van der Waals surface area contributed by atoms with E-state index in [0.29, 0.717) is 11.6 Å². The summed E-state index contributed by atoms with van der Waals surface area (Å²) in [5, 5.41) is 6.04. The van der Waals surface area contributed by atoms with Gasteiger partial charge in [0.05, 0.1) is 6.20 Å². The topological polar surface area (TPSA) is 58.1 Å². The lowest BCUT2D eigenvalue weighted by Gasteiger charge is -2.00. The minimum absolute atomic E-state index is 0.232. The number of hydrogen-bond donors (Lipinski definition) is 1. The number of aromatic nitrogens is 2. The number of aryl methyl sites for hydroxylation is 1. The van der Waals surface area contributed by atoms with Crippen molar-refractivity contribution in [2.45, 2.75) is 27.2 Å². The molecule has 0 saturated carbocycles. The van der Waals surface area contributed by atoms with E-state index in [1.54, 1.807) is 12.4 Å². The van der Waals surface area contributed by atoms with E-state index in [1.165, 1.54) is 0 Å². The van der Waals surface area contributed by atoms with Crippen molar-refractivity contribution in [2.24, 2.45) is 10.9 Å². The molecule has 0 spiro atoms. The highest BCUT2D eigenvalue weighted by atomic mass is 16.1. The molecule has 1 unspecified atom stereocenters. The molecule has 4 heteroatoms. The highest BCUT2D eigenvalue weighted by Gasteiger charge is 2.01. The Balaban J connectivity index is 2.97. The normalized spacial score (nSPS) is 13.4. The summed E-state index contributed by atoms with van der Waals surface area (Å²) < 4.78 is 0. The van der Waals surface area contributed by atoms with Gasteiger partial charge in [-0.25, -0.2) is 5.10 Å². The van der Waals surface area contributed by atoms with Crippen LogP contribution < -0.4 is 5.56 Å². The molecular weight excluding hydrogens is 178 g/mol. The van der Waals surface area contributed by atoms with Crippen LogP contribution in [0.3, 0.4) is 0 Å². The van der Waals surface area contributed by atoms with Gasteiger partial charge in [0.15, 0.2) is 0 Å². The maximum atomic E-state index is 11.3. The molecule has 1 heterocycles. The molecule has 1 N–H and O–H groups in total. The molecule has 0 aliphatic rings. The lowest BCUT2D eigenvalue weighted by atomic mass is 10.1. The second-order valence-electron chi connectivity index (χ2n) is 3.39. The number of nitrogens with zero attached hydrogens (tertiary/aromatic N) is 2. The van der Waals surface area contributed by atoms with Gasteiger partial charge in [-0.2, -0.15) is 5.10 Å². The van der Waals surface area contributed by atoms with Crippen LogP contribution in [0.25, 0.3) is 0 Å². The minimum atomic E-state index is -0.232. The zero-order valence-electron chi connectivity index (χ0n) is 8.74. The first-order valence-electron chi connectivity index (χ1n) is 4.73. The molecule has 1 aromatic rings. The molecule has 0 fully saturated rings. The summed E-state index contributed by atoms with van der Waals surface area (Å²) >= 11 is 0. The average molecular weight is 193 g/mol. The van der Waals surface area contributed by atoms with Gasteiger partial charge in [0.1, 0.15) is 5.69 Å². The molecule has 0 amide bonds. The van der Waals surface area contributed by atoms with Crippen LogP contribution in [-0.2, 0) is 0 Å². The first-order valence-corrected chi connectivity index (χ1v) is 4.73. The molecule has 0 radical (unpaired) electrons. The summed E-state index contributed by atoms with van der Waals surface area (Å²) in [6.07, 6.45) is 4.42. The maximum Gasteiger partial charge on any atom is 0.290 e. The summed E-state index contributed by atoms with van der Waals surface area (Å²) in [5.41, 5.74) is 1.03. The zero-order valence-corrected chi connectivity index (χ0v) is 8.74. The van der Waals surface area contributed by atoms with Gasteiger partial charge in [0.2, 0.25) is 0 Å². The lowest BCUT2D eigenvalue weighted by Crippen LogP contribution is -2.08. The lowest BCUT2D eigenvalue weighted by molar-refractivity contribution is 0.754. The fourth-order valence-electron chi connectivity index (χ4n) is 0.949. The van der Waals surface area contributed by atoms with E-state index in [0.717, 1.165) is 12.0 Å². The van der Waals surface area contributed by atoms with E-state index >= 15 is 0 Å². The molecule has 0 bridgehead atoms. The number of rotatable bonds is 3. The Morgan fingerprint density at radius 2 is 2.43 bits per heavy atom. The largest absolute Gasteiger partial charge is 0.290 e. The average Bonchev–Trinajstić information content (AvgIpc) is 2.16. The second-order valence-corrected chi connectivity index (χ2v) is 3.39. The van der Waals surface area contributed by atoms with Crippen molar-refractivity contribution in [1.29, 1.82) is 0 Å². The molecule has 0 aliphatic heterocycles. The molecule has 76 valence electrons. The molecule has 4 nitrogen and oxygen atoms in total. The van der Waals surface area contributed by atoms with Crippen LogP contribution in [0.1, 0.15) is 25.8 Å². The number of nitrogens with one attached hydrogen (secondary N) is 1. The Morgan fingerprint density at radius 1 is 1.71 bits per heavy atom. The smallest absolute Gasteiger partial charge is 0.266 e. The van der Waals surface area contributed by atoms with Crippen molar-refractivity contribution in [3.63, 3.8) is 0 Å². The zero-order chi connectivity index (χ0) is 10.6. The van der Waals surface area contributed by atoms with E-state index in [2.05, 4.69) is 29.0 Å². The minimum Gasteiger partial charge on any atom is -0.266 e. The summed E-state index contributed by atoms with van der Waals surface area (Å²) in [4.78, 5) is 15.5. The van der Waals surface area contributed by atoms with Gasteiger partial charge in [-0.1, -0.05) is 13.8 Å². The Kier molecular flexibility index (Phi) is 3.56. The van der Waals surface area contributed by atoms with E-state index in [9.17, 15) is 4.79 Å². The van der Waals surface area contributed by atoms with Crippen molar-refractivity contribution >= 4 is 11.9 Å². The van der Waals surface area contributed by atoms with E-state index < -0.39 is 0 Å². The highest BCUT2D eigenvalue weighted by molar-refractivity contribution is 5.65. The first kappa shape index (κ1) is 10.6. The number of hydrogen-bond acceptors (Lipinski definition) is 3. The third kappa shape index (κ3) is 2.52. The number of aromatic amines is 1. The summed E-state index contributed by atoms with van der Waals surface area (Å²) in [7, 11) is 0. The quantitative estimate of drug-likeness (QED) is 0.744. The van der Waals surface area contributed by atoms with Gasteiger partial charge in [-0.3, -0.25) is 9.79 Å². The van der Waals surface area contributed by atoms with Crippen LogP contribution in [0, 0.1) is 12.8 Å². The van der Waals surface area contributed by atoms with Crippen molar-refractivity contribution in [3.05, 3.63) is 22.1 Å². The third-order valence-corrected chi connectivity index (χ3v) is 2.11. The van der Waals surface area contributed by atoms with Gasteiger partial charge >= 0.3 is 0 Å². The van der Waals surface area contributed by atoms with Crippen LogP contribution >= 0.6 is 0 Å². The SMILES string of the molecule is CCC(C)C=Nc1c(C)cn[nH]c1=O. The second kappa shape index (κ2) is 4.69. The van der Waals surface area contributed by atoms with Crippen LogP contribution in [-0.4, -0.2) is 16.4 Å². The van der Waals surface area contributed by atoms with Crippen molar-refractivity contribution in [1.82, 2.24) is 10.2 Å². The molecule has 1 rings (SSSR count). The fraction of sp³-hybridized carbons (Fsp3) is 0.500. The summed E-state index contributed by atoms with van der Waals surface area (Å²) in [5.74, 6) is 0.391. The van der Waals surface area contributed by atoms with Gasteiger partial charge in [0, 0.05) is 11.8 Å². The Bertz CT molecular complexity index is 381. The molecule has 14 heavy (non-hydrogen) atoms. The summed E-state index contributed by atoms with van der Waals surface area (Å²) in [6, 6.07) is 0. The van der Waals surface area contributed by atoms with Gasteiger partial charge in [0.25, 0.3) is 5.56 Å². The number of H-pyrrole nitrogens is 1. The van der Waals surface area contributed by atoms with E-state index in [1.807, 2.05) is 6.92 Å². The first-order chi connectivity index (χ1) is 6.65. The molecule has 0 aliphatic carbocycles. The van der Waals surface area contributed by atoms with E-state index in [-0.39, 0.29) is 5.56 Å². The Labute approximate surface area is 83.1 Å². The maximum absolute atomic E-state index is 11.3. The summed E-state index contributed by atoms with van der Waals surface area (Å²) in [6.45, 7) is 5.97. The highest BCUT2D eigenvalue weighted by Crippen LogP contribution is 2.10. The Hall–Kier alpha value is -1.45. The fourth-order valence-corrected chi connectivity index (χ4v) is 0.949. The van der Waals surface area contributed by atoms with Crippen LogP contribution in [0.15, 0.2) is 16.0 Å². The molecule has 0 saturated heterocycles. The predicted octanol–water partition coefficient (Wildman–Crippen LogP) is 1.83. The molecule has 1 atom stereocenters. The van der Waals surface area contributed by atoms with Gasteiger partial charge < -0.3 is 0 Å². The van der Waals surface area contributed by atoms with Gasteiger partial charge in [-0.05, 0) is 19.3 Å². The molecular formula is C10H15N3O. The van der Waals surface area contributed by atoms with Crippen LogP contribution in [0.5, 0.6) is 0 Å². The van der Waals surface area contributed by atoms with Crippen molar-refractivity contribution in [3.8, 4) is 0 Å². The van der Waals surface area contributed by atoms with Crippen molar-refractivity contribution in [2.75, 3.05) is 0 Å². The standard InChI is InChI=1S/C10H15N3O/c1-4-7(2)5-11-9-8(3)6-12-13-10(9)14/h5-7H,4H2,1-3H3,(H,13,14). The predicted molar refractivity (Wildman–Crippen MR) is 57.2 cm³/mol. The van der Waals surface area contributed by atoms with Gasteiger partial charge in [-0.15, -0.1) is 0 Å². The van der Waals surface area contributed by atoms with Crippen LogP contribution in [0.4, 0.5) is 5.69 Å². The third-order valence-electron chi connectivity index (χ3n) is 2.11. The van der Waals surface area contributed by atoms with Crippen LogP contribution in [0.2, 0.25) is 0 Å². The molecule has 0 aromatic carbocycles. The Morgan fingerprint density at radius 3 is 3.00 bits per heavy atom. The van der Waals surface area contributed by atoms with E-state index in [4.69, 9.17) is 0 Å². The monoisotopic (exact) mass is 193 g/mol. The molecule has 1 aromatic heterocycles. The van der Waals surface area contributed by atoms with Crippen molar-refractivity contribution < 1.29 is 0 Å².